The van der Waals surface area contributed by atoms with Gasteiger partial charge >= 0.3 is 6.03 Å². The van der Waals surface area contributed by atoms with E-state index < -0.39 is 0 Å². The zero-order valence-corrected chi connectivity index (χ0v) is 15.2. The summed E-state index contributed by atoms with van der Waals surface area (Å²) in [6.45, 7) is 1.65. The molecule has 3 amide bonds. The lowest BCUT2D eigenvalue weighted by Gasteiger charge is -2.31. The topological polar surface area (TPSA) is 61.4 Å². The average molecular weight is 372 g/mol. The number of piperidine rings is 1. The number of carbonyl (C=O) groups excluding carboxylic acids is 2. The highest BCUT2D eigenvalue weighted by molar-refractivity contribution is 6.30. The Bertz CT molecular complexity index is 741. The van der Waals surface area contributed by atoms with E-state index in [1.54, 1.807) is 4.90 Å². The minimum absolute atomic E-state index is 0.0445. The first kappa shape index (κ1) is 18.3. The van der Waals surface area contributed by atoms with Crippen molar-refractivity contribution in [3.8, 4) is 0 Å². The van der Waals surface area contributed by atoms with E-state index in [2.05, 4.69) is 10.6 Å². The summed E-state index contributed by atoms with van der Waals surface area (Å²) in [4.78, 5) is 26.4. The summed E-state index contributed by atoms with van der Waals surface area (Å²) < 4.78 is 0. The van der Waals surface area contributed by atoms with Gasteiger partial charge in [-0.3, -0.25) is 4.79 Å². The number of rotatable bonds is 4. The monoisotopic (exact) mass is 371 g/mol. The third-order valence-electron chi connectivity index (χ3n) is 4.56. The highest BCUT2D eigenvalue weighted by Crippen LogP contribution is 2.19. The van der Waals surface area contributed by atoms with Crippen LogP contribution in [0.25, 0.3) is 0 Å². The summed E-state index contributed by atoms with van der Waals surface area (Å²) in [7, 11) is 0. The normalized spacial score (nSPS) is 14.7. The molecule has 0 spiro atoms. The number of nitrogens with zero attached hydrogens (tertiary/aromatic N) is 1. The summed E-state index contributed by atoms with van der Waals surface area (Å²) in [5, 5.41) is 6.54. The lowest BCUT2D eigenvalue weighted by molar-refractivity contribution is -0.126. The Kier molecular flexibility index (Phi) is 6.12. The molecule has 0 bridgehead atoms. The third kappa shape index (κ3) is 4.99. The zero-order valence-electron chi connectivity index (χ0n) is 14.5. The van der Waals surface area contributed by atoms with Crippen molar-refractivity contribution < 1.29 is 9.59 Å². The molecule has 1 fully saturated rings. The van der Waals surface area contributed by atoms with Crippen molar-refractivity contribution in [1.82, 2.24) is 10.2 Å². The van der Waals surface area contributed by atoms with Crippen molar-refractivity contribution in [3.63, 3.8) is 0 Å². The van der Waals surface area contributed by atoms with Crippen LogP contribution in [0.15, 0.2) is 54.6 Å². The van der Waals surface area contributed by atoms with Gasteiger partial charge in [0.25, 0.3) is 0 Å². The van der Waals surface area contributed by atoms with Crippen LogP contribution < -0.4 is 10.6 Å². The van der Waals surface area contributed by atoms with Crippen molar-refractivity contribution in [3.05, 3.63) is 65.2 Å². The largest absolute Gasteiger partial charge is 0.352 e. The van der Waals surface area contributed by atoms with Gasteiger partial charge in [0.15, 0.2) is 0 Å². The van der Waals surface area contributed by atoms with Crippen molar-refractivity contribution >= 4 is 29.2 Å². The van der Waals surface area contributed by atoms with E-state index in [4.69, 9.17) is 11.6 Å². The van der Waals surface area contributed by atoms with Gasteiger partial charge < -0.3 is 15.5 Å². The van der Waals surface area contributed by atoms with Crippen LogP contribution in [0.5, 0.6) is 0 Å². The maximum atomic E-state index is 12.3. The molecule has 2 aromatic carbocycles. The minimum Gasteiger partial charge on any atom is -0.352 e. The van der Waals surface area contributed by atoms with Crippen LogP contribution in [0.1, 0.15) is 18.4 Å². The van der Waals surface area contributed by atoms with Gasteiger partial charge in [-0.1, -0.05) is 41.9 Å². The molecule has 2 N–H and O–H groups in total. The maximum absolute atomic E-state index is 12.3. The van der Waals surface area contributed by atoms with Gasteiger partial charge in [-0.05, 0) is 42.7 Å². The maximum Gasteiger partial charge on any atom is 0.321 e. The predicted molar refractivity (Wildman–Crippen MR) is 103 cm³/mol. The van der Waals surface area contributed by atoms with E-state index in [1.807, 2.05) is 54.6 Å². The Morgan fingerprint density at radius 3 is 2.31 bits per heavy atom. The number of hydrogen-bond donors (Lipinski definition) is 2. The molecule has 1 aliphatic rings. The van der Waals surface area contributed by atoms with Crippen LogP contribution in [0.3, 0.4) is 0 Å². The van der Waals surface area contributed by atoms with Crippen LogP contribution in [-0.4, -0.2) is 29.9 Å². The molecule has 0 aliphatic carbocycles. The van der Waals surface area contributed by atoms with Gasteiger partial charge in [-0.25, -0.2) is 4.79 Å². The quantitative estimate of drug-likeness (QED) is 0.856. The van der Waals surface area contributed by atoms with Crippen LogP contribution in [0.4, 0.5) is 10.5 Å². The molecule has 0 saturated carbocycles. The van der Waals surface area contributed by atoms with Crippen molar-refractivity contribution in [2.75, 3.05) is 18.4 Å². The van der Waals surface area contributed by atoms with Crippen LogP contribution >= 0.6 is 11.6 Å². The molecule has 26 heavy (non-hydrogen) atoms. The molecule has 0 radical (unpaired) electrons. The van der Waals surface area contributed by atoms with Gasteiger partial charge in [-0.2, -0.15) is 0 Å². The van der Waals surface area contributed by atoms with E-state index in [-0.39, 0.29) is 17.9 Å². The number of urea groups is 1. The number of anilines is 1. The van der Waals surface area contributed by atoms with Crippen molar-refractivity contribution in [1.29, 1.82) is 0 Å². The third-order valence-corrected chi connectivity index (χ3v) is 4.81. The first-order chi connectivity index (χ1) is 12.6. The lowest BCUT2D eigenvalue weighted by Crippen LogP contribution is -2.44. The van der Waals surface area contributed by atoms with Crippen molar-refractivity contribution in [2.45, 2.75) is 19.4 Å². The molecule has 0 unspecified atom stereocenters. The second kappa shape index (κ2) is 8.72. The number of hydrogen-bond acceptors (Lipinski definition) is 2. The average Bonchev–Trinajstić information content (AvgIpc) is 2.68. The molecular weight excluding hydrogens is 350 g/mol. The van der Waals surface area contributed by atoms with Gasteiger partial charge in [-0.15, -0.1) is 0 Å². The molecule has 1 aliphatic heterocycles. The first-order valence-electron chi connectivity index (χ1n) is 8.75. The molecular formula is C20H22ClN3O2. The fourth-order valence-corrected chi connectivity index (χ4v) is 3.13. The number of nitrogens with one attached hydrogen (secondary N) is 2. The number of para-hydroxylation sites is 1. The predicted octanol–water partition coefficient (Wildman–Crippen LogP) is 3.90. The standard InChI is InChI=1S/C20H22ClN3O2/c21-17-8-6-15(7-9-17)14-22-19(25)16-10-12-24(13-11-16)20(26)23-18-4-2-1-3-5-18/h1-9,16H,10-14H2,(H,22,25)(H,23,26). The van der Waals surface area contributed by atoms with E-state index >= 15 is 0 Å². The highest BCUT2D eigenvalue weighted by Gasteiger charge is 2.27. The Morgan fingerprint density at radius 1 is 1.00 bits per heavy atom. The van der Waals surface area contributed by atoms with E-state index in [1.165, 1.54) is 0 Å². The number of benzene rings is 2. The molecule has 3 rings (SSSR count). The van der Waals surface area contributed by atoms with Gasteiger partial charge in [0, 0.05) is 36.3 Å². The molecule has 136 valence electrons. The first-order valence-corrected chi connectivity index (χ1v) is 9.13. The molecule has 0 atom stereocenters. The summed E-state index contributed by atoms with van der Waals surface area (Å²) in [5.74, 6) is -0.00820. The molecule has 1 saturated heterocycles. The number of carbonyl (C=O) groups is 2. The highest BCUT2D eigenvalue weighted by atomic mass is 35.5. The van der Waals surface area contributed by atoms with Crippen molar-refractivity contribution in [2.24, 2.45) is 5.92 Å². The summed E-state index contributed by atoms with van der Waals surface area (Å²) in [5.41, 5.74) is 1.79. The second-order valence-electron chi connectivity index (χ2n) is 6.40. The Hall–Kier alpha value is -2.53. The lowest BCUT2D eigenvalue weighted by atomic mass is 9.96. The Labute approximate surface area is 158 Å². The minimum atomic E-state index is -0.115. The molecule has 2 aromatic rings. The fourth-order valence-electron chi connectivity index (χ4n) is 3.00. The molecule has 1 heterocycles. The second-order valence-corrected chi connectivity index (χ2v) is 6.84. The van der Waals surface area contributed by atoms with Crippen LogP contribution in [0.2, 0.25) is 5.02 Å². The molecule has 0 aromatic heterocycles. The van der Waals surface area contributed by atoms with E-state index in [0.717, 1.165) is 11.3 Å². The van der Waals surface area contributed by atoms with E-state index in [0.29, 0.717) is 37.5 Å². The SMILES string of the molecule is O=C(NCc1ccc(Cl)cc1)C1CCN(C(=O)Nc2ccccc2)CC1. The van der Waals surface area contributed by atoms with Gasteiger partial charge in [0.1, 0.15) is 0 Å². The van der Waals surface area contributed by atoms with Crippen LogP contribution in [-0.2, 0) is 11.3 Å². The summed E-state index contributed by atoms with van der Waals surface area (Å²) >= 11 is 5.86. The number of halogens is 1. The zero-order chi connectivity index (χ0) is 18.4. The summed E-state index contributed by atoms with van der Waals surface area (Å²) in [6, 6.07) is 16.7. The molecule has 5 nitrogen and oxygen atoms in total. The fraction of sp³-hybridized carbons (Fsp3) is 0.300. The smallest absolute Gasteiger partial charge is 0.321 e. The Balaban J connectivity index is 1.43. The van der Waals surface area contributed by atoms with E-state index in [9.17, 15) is 9.59 Å². The summed E-state index contributed by atoms with van der Waals surface area (Å²) in [6.07, 6.45) is 1.35. The van der Waals surface area contributed by atoms with Gasteiger partial charge in [0.05, 0.1) is 0 Å². The Morgan fingerprint density at radius 2 is 1.65 bits per heavy atom. The van der Waals surface area contributed by atoms with Gasteiger partial charge in [0.2, 0.25) is 5.91 Å². The number of amides is 3. The van der Waals surface area contributed by atoms with Crippen LogP contribution in [0, 0.1) is 5.92 Å². The number of likely N-dealkylation sites (tertiary alicyclic amines) is 1. The molecule has 6 heteroatoms.